The van der Waals surface area contributed by atoms with Crippen molar-refractivity contribution < 1.29 is 0 Å². The van der Waals surface area contributed by atoms with Crippen LogP contribution in [-0.4, -0.2) is 6.54 Å². The van der Waals surface area contributed by atoms with E-state index in [-0.39, 0.29) is 0 Å². The van der Waals surface area contributed by atoms with Crippen LogP contribution < -0.4 is 5.32 Å². The monoisotopic (exact) mass is 315 g/mol. The summed E-state index contributed by atoms with van der Waals surface area (Å²) in [5, 5.41) is 3.61. The molecule has 0 amide bonds. The van der Waals surface area contributed by atoms with Crippen LogP contribution in [0, 0.1) is 23.7 Å². The molecule has 1 aliphatic rings. The zero-order valence-electron chi connectivity index (χ0n) is 11.4. The molecule has 0 saturated heterocycles. The summed E-state index contributed by atoms with van der Waals surface area (Å²) >= 11 is 5.44. The number of hydrogen-bond acceptors (Lipinski definition) is 2. The fraction of sp³-hybridized carbons (Fsp3) is 0.714. The van der Waals surface area contributed by atoms with Crippen molar-refractivity contribution in [2.45, 2.75) is 41.2 Å². The van der Waals surface area contributed by atoms with E-state index in [4.69, 9.17) is 0 Å². The maximum Gasteiger partial charge on any atom is 0.0314 e. The van der Waals surface area contributed by atoms with Gasteiger partial charge in [-0.25, -0.2) is 0 Å². The SMILES string of the molecule is Cc1sc(CNCC2C(C)(C)C2(C)C)cc1Br. The van der Waals surface area contributed by atoms with Crippen molar-refractivity contribution in [2.24, 2.45) is 16.7 Å². The van der Waals surface area contributed by atoms with Gasteiger partial charge in [-0.05, 0) is 52.2 Å². The summed E-state index contributed by atoms with van der Waals surface area (Å²) in [5.74, 6) is 0.805. The van der Waals surface area contributed by atoms with Gasteiger partial charge in [-0.15, -0.1) is 11.3 Å². The van der Waals surface area contributed by atoms with E-state index in [0.717, 1.165) is 19.0 Å². The third-order valence-corrected chi connectivity index (χ3v) is 7.01. The molecule has 0 atom stereocenters. The van der Waals surface area contributed by atoms with Gasteiger partial charge in [0, 0.05) is 20.8 Å². The Labute approximate surface area is 117 Å². The summed E-state index contributed by atoms with van der Waals surface area (Å²) in [6, 6.07) is 2.23. The van der Waals surface area contributed by atoms with E-state index in [1.54, 1.807) is 0 Å². The highest BCUT2D eigenvalue weighted by molar-refractivity contribution is 9.10. The first-order chi connectivity index (χ1) is 7.76. The molecule has 96 valence electrons. The molecule has 1 aromatic rings. The quantitative estimate of drug-likeness (QED) is 0.856. The van der Waals surface area contributed by atoms with Crippen LogP contribution >= 0.6 is 27.3 Å². The molecular formula is C14H22BrNS. The first kappa shape index (κ1) is 13.6. The molecule has 17 heavy (non-hydrogen) atoms. The van der Waals surface area contributed by atoms with Gasteiger partial charge in [-0.3, -0.25) is 0 Å². The fourth-order valence-corrected chi connectivity index (χ4v) is 4.36. The highest BCUT2D eigenvalue weighted by Gasteiger charge is 2.63. The molecule has 0 unspecified atom stereocenters. The molecule has 1 saturated carbocycles. The second kappa shape index (κ2) is 4.36. The maximum atomic E-state index is 3.61. The van der Waals surface area contributed by atoms with Gasteiger partial charge < -0.3 is 5.32 Å². The van der Waals surface area contributed by atoms with Crippen LogP contribution in [0.15, 0.2) is 10.5 Å². The van der Waals surface area contributed by atoms with Crippen molar-refractivity contribution in [1.82, 2.24) is 5.32 Å². The standard InChI is InChI=1S/C14H22BrNS/c1-9-11(15)6-10(17-9)7-16-8-12-13(2,3)14(12,4)5/h6,12,16H,7-8H2,1-5H3. The molecular weight excluding hydrogens is 294 g/mol. The van der Waals surface area contributed by atoms with Crippen molar-refractivity contribution in [3.05, 3.63) is 20.3 Å². The van der Waals surface area contributed by atoms with E-state index >= 15 is 0 Å². The first-order valence-electron chi connectivity index (χ1n) is 6.22. The van der Waals surface area contributed by atoms with Crippen molar-refractivity contribution in [2.75, 3.05) is 6.54 Å². The van der Waals surface area contributed by atoms with Crippen LogP contribution in [0.25, 0.3) is 0 Å². The highest BCUT2D eigenvalue weighted by atomic mass is 79.9. The first-order valence-corrected chi connectivity index (χ1v) is 7.83. The van der Waals surface area contributed by atoms with Crippen LogP contribution in [0.4, 0.5) is 0 Å². The summed E-state index contributed by atoms with van der Waals surface area (Å²) in [4.78, 5) is 2.79. The van der Waals surface area contributed by atoms with Crippen molar-refractivity contribution >= 4 is 27.3 Å². The maximum absolute atomic E-state index is 3.61. The Morgan fingerprint density at radius 3 is 2.29 bits per heavy atom. The van der Waals surface area contributed by atoms with Gasteiger partial charge >= 0.3 is 0 Å². The smallest absolute Gasteiger partial charge is 0.0314 e. The van der Waals surface area contributed by atoms with Crippen LogP contribution in [-0.2, 0) is 6.54 Å². The molecule has 0 aromatic carbocycles. The molecule has 1 aliphatic carbocycles. The largest absolute Gasteiger partial charge is 0.312 e. The number of hydrogen-bond donors (Lipinski definition) is 1. The second-order valence-electron chi connectivity index (χ2n) is 6.24. The average molecular weight is 316 g/mol. The molecule has 1 nitrogen and oxygen atoms in total. The predicted molar refractivity (Wildman–Crippen MR) is 79.5 cm³/mol. The lowest BCUT2D eigenvalue weighted by molar-refractivity contribution is 0.457. The molecule has 0 aliphatic heterocycles. The van der Waals surface area contributed by atoms with Gasteiger partial charge in [-0.2, -0.15) is 0 Å². The molecule has 0 spiro atoms. The van der Waals surface area contributed by atoms with Crippen molar-refractivity contribution in [3.8, 4) is 0 Å². The van der Waals surface area contributed by atoms with Crippen LogP contribution in [0.1, 0.15) is 37.4 Å². The van der Waals surface area contributed by atoms with Gasteiger partial charge in [0.1, 0.15) is 0 Å². The summed E-state index contributed by atoms with van der Waals surface area (Å²) in [5.41, 5.74) is 0.984. The number of aryl methyl sites for hydroxylation is 1. The van der Waals surface area contributed by atoms with Gasteiger partial charge in [0.2, 0.25) is 0 Å². The lowest BCUT2D eigenvalue weighted by atomic mass is 10.0. The Morgan fingerprint density at radius 1 is 1.29 bits per heavy atom. The number of thiophene rings is 1. The molecule has 1 fully saturated rings. The van der Waals surface area contributed by atoms with Crippen LogP contribution in [0.5, 0.6) is 0 Å². The topological polar surface area (TPSA) is 12.0 Å². The molecule has 0 radical (unpaired) electrons. The summed E-state index contributed by atoms with van der Waals surface area (Å²) in [7, 11) is 0. The minimum atomic E-state index is 0.492. The van der Waals surface area contributed by atoms with Crippen LogP contribution in [0.2, 0.25) is 0 Å². The lowest BCUT2D eigenvalue weighted by Gasteiger charge is -2.04. The van der Waals surface area contributed by atoms with Gasteiger partial charge in [0.05, 0.1) is 0 Å². The molecule has 0 bridgehead atoms. The molecule has 2 rings (SSSR count). The number of rotatable bonds is 4. The van der Waals surface area contributed by atoms with Gasteiger partial charge in [-0.1, -0.05) is 27.7 Å². The van der Waals surface area contributed by atoms with Crippen LogP contribution in [0.3, 0.4) is 0 Å². The number of halogens is 1. The zero-order chi connectivity index (χ0) is 12.8. The van der Waals surface area contributed by atoms with E-state index < -0.39 is 0 Å². The van der Waals surface area contributed by atoms with E-state index in [9.17, 15) is 0 Å². The Morgan fingerprint density at radius 2 is 1.88 bits per heavy atom. The minimum Gasteiger partial charge on any atom is -0.312 e. The zero-order valence-corrected chi connectivity index (χ0v) is 13.8. The second-order valence-corrected chi connectivity index (χ2v) is 8.44. The third-order valence-electron chi connectivity index (χ3n) is 4.88. The highest BCUT2D eigenvalue weighted by Crippen LogP contribution is 2.67. The van der Waals surface area contributed by atoms with Gasteiger partial charge in [0.25, 0.3) is 0 Å². The minimum absolute atomic E-state index is 0.492. The summed E-state index contributed by atoms with van der Waals surface area (Å²) < 4.78 is 1.24. The van der Waals surface area contributed by atoms with E-state index in [1.165, 1.54) is 14.2 Å². The van der Waals surface area contributed by atoms with Crippen molar-refractivity contribution in [3.63, 3.8) is 0 Å². The Hall–Kier alpha value is 0.140. The Kier molecular flexibility index (Phi) is 3.48. The van der Waals surface area contributed by atoms with E-state index in [2.05, 4.69) is 61.9 Å². The summed E-state index contributed by atoms with van der Waals surface area (Å²) in [6.07, 6.45) is 0. The number of nitrogens with one attached hydrogen (secondary N) is 1. The van der Waals surface area contributed by atoms with Gasteiger partial charge in [0.15, 0.2) is 0 Å². The Balaban J connectivity index is 1.82. The lowest BCUT2D eigenvalue weighted by Crippen LogP contribution is -2.18. The third kappa shape index (κ3) is 2.34. The molecule has 3 heteroatoms. The van der Waals surface area contributed by atoms with E-state index in [1.807, 2.05) is 11.3 Å². The molecule has 1 aromatic heterocycles. The van der Waals surface area contributed by atoms with E-state index in [0.29, 0.717) is 10.8 Å². The summed E-state index contributed by atoms with van der Waals surface area (Å²) in [6.45, 7) is 13.8. The fourth-order valence-electron chi connectivity index (χ4n) is 2.79. The molecule has 1 heterocycles. The normalized spacial score (nSPS) is 21.8. The Bertz CT molecular complexity index is 386. The molecule has 1 N–H and O–H groups in total. The predicted octanol–water partition coefficient (Wildman–Crippen LogP) is 4.59. The van der Waals surface area contributed by atoms with Crippen molar-refractivity contribution in [1.29, 1.82) is 0 Å². The average Bonchev–Trinajstić information content (AvgIpc) is 2.50.